The Morgan fingerprint density at radius 1 is 0.957 bits per heavy atom. The molecule has 16 nitrogen and oxygen atoms in total. The molecule has 0 spiro atoms. The maximum absolute atomic E-state index is 13.3. The minimum atomic E-state index is -0.855. The number of Topliss-reactive ketones (excluding diaryl/α,β-unsaturated/α-hetero) is 1. The topological polar surface area (TPSA) is 187 Å². The molecular formula is C51H67N7O9S2. The maximum Gasteiger partial charge on any atom is 0.264 e. The molecule has 69 heavy (non-hydrogen) atoms. The summed E-state index contributed by atoms with van der Waals surface area (Å²) in [6.07, 6.45) is 10.5. The summed E-state index contributed by atoms with van der Waals surface area (Å²) in [6, 6.07) is 12.5. The molecule has 18 heteroatoms. The molecule has 2 aromatic heterocycles. The number of fused-ring (bicyclic) bond motifs is 1. The summed E-state index contributed by atoms with van der Waals surface area (Å²) in [6.45, 7) is 14.8. The Labute approximate surface area is 413 Å². The maximum atomic E-state index is 13.3. The number of likely N-dealkylation sites (N-methyl/N-ethyl adjacent to an activating group) is 1. The SMILES string of the molecule is C=C1CCC(N2C(=O)c3cccc(NCCOCCOCCOCCN(C)CCCC(=O)Cc4ccc(OC5CCC[C@@H](Nc6ncc(SCc7ncc(C(C)(C)C)o7)s6)C5)cc4)c3C2=O)C(=O)N1. The van der Waals surface area contributed by atoms with E-state index in [0.717, 1.165) is 82.4 Å². The van der Waals surface area contributed by atoms with E-state index >= 15 is 0 Å². The number of oxazole rings is 1. The monoisotopic (exact) mass is 985 g/mol. The highest BCUT2D eigenvalue weighted by Gasteiger charge is 2.45. The van der Waals surface area contributed by atoms with Crippen LogP contribution in [0.3, 0.4) is 0 Å². The summed E-state index contributed by atoms with van der Waals surface area (Å²) in [4.78, 5) is 64.0. The fourth-order valence-electron chi connectivity index (χ4n) is 8.42. The van der Waals surface area contributed by atoms with E-state index in [1.54, 1.807) is 41.3 Å². The van der Waals surface area contributed by atoms with E-state index in [2.05, 4.69) is 58.2 Å². The summed E-state index contributed by atoms with van der Waals surface area (Å²) in [5.74, 6) is 2.02. The molecule has 3 atom stereocenters. The van der Waals surface area contributed by atoms with E-state index in [4.69, 9.17) is 23.4 Å². The number of carbonyl (C=O) groups excluding carboxylic acids is 4. The molecule has 1 saturated carbocycles. The highest BCUT2D eigenvalue weighted by atomic mass is 32.2. The van der Waals surface area contributed by atoms with Gasteiger partial charge in [0.2, 0.25) is 11.8 Å². The number of carbonyl (C=O) groups is 4. The van der Waals surface area contributed by atoms with Crippen LogP contribution in [0.1, 0.15) is 110 Å². The summed E-state index contributed by atoms with van der Waals surface area (Å²) in [5.41, 5.74) is 2.61. The lowest BCUT2D eigenvalue weighted by molar-refractivity contribution is -0.125. The van der Waals surface area contributed by atoms with E-state index in [0.29, 0.717) is 95.0 Å². The molecule has 3 aliphatic rings. The number of amides is 3. The second-order valence-corrected chi connectivity index (χ2v) is 21.1. The van der Waals surface area contributed by atoms with Crippen LogP contribution in [0.15, 0.2) is 75.8 Å². The Balaban J connectivity index is 0.677. The third-order valence-corrected chi connectivity index (χ3v) is 14.3. The number of ketones is 1. The molecule has 7 rings (SSSR count). The normalized spacial score (nSPS) is 18.4. The number of ether oxygens (including phenoxy) is 4. The fraction of sp³-hybridized carbons (Fsp3) is 0.529. The van der Waals surface area contributed by atoms with Crippen LogP contribution >= 0.6 is 23.1 Å². The largest absolute Gasteiger partial charge is 0.490 e. The van der Waals surface area contributed by atoms with Crippen molar-refractivity contribution in [3.63, 3.8) is 0 Å². The number of hydrogen-bond donors (Lipinski definition) is 3. The number of aromatic nitrogens is 2. The average Bonchev–Trinajstić information content (AvgIpc) is 4.05. The minimum absolute atomic E-state index is 0.0588. The molecular weight excluding hydrogens is 919 g/mol. The molecule has 2 aromatic carbocycles. The van der Waals surface area contributed by atoms with E-state index in [9.17, 15) is 19.2 Å². The second-order valence-electron chi connectivity index (χ2n) is 18.8. The first-order valence-electron chi connectivity index (χ1n) is 24.0. The van der Waals surface area contributed by atoms with Crippen molar-refractivity contribution >= 4 is 57.4 Å². The number of thiazole rings is 1. The minimum Gasteiger partial charge on any atom is -0.490 e. The van der Waals surface area contributed by atoms with Crippen LogP contribution < -0.4 is 20.7 Å². The highest BCUT2D eigenvalue weighted by molar-refractivity contribution is 8.00. The first kappa shape index (κ1) is 51.7. The number of anilines is 2. The molecule has 1 aliphatic carbocycles. The third-order valence-electron chi connectivity index (χ3n) is 12.2. The van der Waals surface area contributed by atoms with Crippen LogP contribution in [-0.4, -0.2) is 128 Å². The predicted molar refractivity (Wildman–Crippen MR) is 267 cm³/mol. The molecule has 3 amide bonds. The Morgan fingerprint density at radius 2 is 1.72 bits per heavy atom. The number of rotatable bonds is 27. The summed E-state index contributed by atoms with van der Waals surface area (Å²) in [7, 11) is 2.03. The Bertz CT molecular complexity index is 2360. The molecule has 2 fully saturated rings. The first-order chi connectivity index (χ1) is 33.3. The van der Waals surface area contributed by atoms with Gasteiger partial charge in [0.1, 0.15) is 29.4 Å². The number of thioether (sulfide) groups is 1. The van der Waals surface area contributed by atoms with Gasteiger partial charge >= 0.3 is 0 Å². The second kappa shape index (κ2) is 25.1. The van der Waals surface area contributed by atoms with Gasteiger partial charge in [-0.05, 0) is 81.9 Å². The lowest BCUT2D eigenvalue weighted by atomic mass is 9.93. The standard InChI is InChI=1S/C51H67N7O9S2/c1-34-14-19-42(47(60)55-34)58-48(61)40-12-7-13-41(46(40)49(58)62)52-20-23-63-25-27-65-28-26-64-24-22-57(5)21-8-10-37(59)29-35-15-17-38(18-16-35)66-39-11-6-9-36(30-39)56-50-54-32-45(69-50)68-33-44-53-31-43(67-44)51(2,3)4/h7,12-13,15-18,31-32,36,39,42,52H,1,6,8-11,14,19-30,33H2,2-5H3,(H,54,56)(H,55,60)/t36-,39?,42?/m1/s1. The number of nitrogens with one attached hydrogen (secondary N) is 3. The van der Waals surface area contributed by atoms with Gasteiger partial charge in [0.25, 0.3) is 11.8 Å². The zero-order chi connectivity index (χ0) is 48.8. The van der Waals surface area contributed by atoms with Gasteiger partial charge in [0.05, 0.1) is 73.1 Å². The Hall–Kier alpha value is -5.11. The van der Waals surface area contributed by atoms with E-state index in [-0.39, 0.29) is 28.4 Å². The van der Waals surface area contributed by atoms with Crippen molar-refractivity contribution in [2.75, 3.05) is 77.0 Å². The van der Waals surface area contributed by atoms with Crippen LogP contribution in [0.25, 0.3) is 0 Å². The molecule has 3 N–H and O–H groups in total. The molecule has 0 radical (unpaired) electrons. The average molecular weight is 986 g/mol. The Kier molecular flexibility index (Phi) is 18.8. The van der Waals surface area contributed by atoms with Crippen LogP contribution in [0.5, 0.6) is 5.75 Å². The zero-order valence-corrected chi connectivity index (χ0v) is 42.0. The van der Waals surface area contributed by atoms with Crippen LogP contribution in [-0.2, 0) is 41.4 Å². The Morgan fingerprint density at radius 3 is 2.48 bits per heavy atom. The first-order valence-corrected chi connectivity index (χ1v) is 25.8. The smallest absolute Gasteiger partial charge is 0.264 e. The molecule has 4 heterocycles. The molecule has 372 valence electrons. The van der Waals surface area contributed by atoms with Crippen molar-refractivity contribution in [3.8, 4) is 5.75 Å². The van der Waals surface area contributed by atoms with Gasteiger partial charge in [-0.25, -0.2) is 9.97 Å². The van der Waals surface area contributed by atoms with Crippen LogP contribution in [0, 0.1) is 0 Å². The van der Waals surface area contributed by atoms with Crippen molar-refractivity contribution < 1.29 is 42.5 Å². The van der Waals surface area contributed by atoms with Gasteiger partial charge in [-0.15, -0.1) is 11.8 Å². The number of piperidine rings is 1. The number of nitrogens with zero attached hydrogens (tertiary/aromatic N) is 4. The molecule has 0 bridgehead atoms. The van der Waals surface area contributed by atoms with Crippen molar-refractivity contribution in [1.82, 2.24) is 25.1 Å². The van der Waals surface area contributed by atoms with Crippen LogP contribution in [0.4, 0.5) is 10.8 Å². The number of benzene rings is 2. The van der Waals surface area contributed by atoms with Crippen molar-refractivity contribution in [2.45, 2.75) is 112 Å². The van der Waals surface area contributed by atoms with Gasteiger partial charge in [0.15, 0.2) is 5.13 Å². The van der Waals surface area contributed by atoms with Gasteiger partial charge < -0.3 is 44.2 Å². The summed E-state index contributed by atoms with van der Waals surface area (Å²) >= 11 is 3.35. The molecule has 4 aromatic rings. The number of hydrogen-bond acceptors (Lipinski definition) is 16. The van der Waals surface area contributed by atoms with Gasteiger partial charge in [-0.2, -0.15) is 0 Å². The van der Waals surface area contributed by atoms with Gasteiger partial charge in [-0.1, -0.05) is 56.9 Å². The van der Waals surface area contributed by atoms with Crippen molar-refractivity contribution in [1.29, 1.82) is 0 Å². The number of imide groups is 1. The molecule has 2 unspecified atom stereocenters. The fourth-order valence-corrected chi connectivity index (χ4v) is 10.2. The van der Waals surface area contributed by atoms with Crippen LogP contribution in [0.2, 0.25) is 0 Å². The quantitative estimate of drug-likeness (QED) is 0.0297. The summed E-state index contributed by atoms with van der Waals surface area (Å²) < 4.78 is 30.5. The van der Waals surface area contributed by atoms with E-state index < -0.39 is 23.8 Å². The van der Waals surface area contributed by atoms with Gasteiger partial charge in [0, 0.05) is 55.2 Å². The van der Waals surface area contributed by atoms with E-state index in [1.165, 1.54) is 0 Å². The highest BCUT2D eigenvalue weighted by Crippen LogP contribution is 2.35. The predicted octanol–water partition coefficient (Wildman–Crippen LogP) is 7.90. The lowest BCUT2D eigenvalue weighted by Crippen LogP contribution is -2.51. The lowest BCUT2D eigenvalue weighted by Gasteiger charge is -2.30. The van der Waals surface area contributed by atoms with E-state index in [1.807, 2.05) is 43.7 Å². The third kappa shape index (κ3) is 15.2. The van der Waals surface area contributed by atoms with Gasteiger partial charge in [-0.3, -0.25) is 24.1 Å². The zero-order valence-electron chi connectivity index (χ0n) is 40.3. The molecule has 1 saturated heterocycles. The van der Waals surface area contributed by atoms with Crippen molar-refractivity contribution in [2.24, 2.45) is 0 Å². The number of allylic oxidation sites excluding steroid dienone is 1. The van der Waals surface area contributed by atoms with Crippen molar-refractivity contribution in [3.05, 3.63) is 95.5 Å². The molecule has 2 aliphatic heterocycles. The summed E-state index contributed by atoms with van der Waals surface area (Å²) in [5, 5.41) is 10.4.